The Morgan fingerprint density at radius 2 is 2.05 bits per heavy atom. The summed E-state index contributed by atoms with van der Waals surface area (Å²) in [4.78, 5) is 31.8. The molecule has 1 rings (SSSR count). The van der Waals surface area contributed by atoms with E-state index < -0.39 is 30.9 Å². The van der Waals surface area contributed by atoms with Crippen molar-refractivity contribution >= 4 is 19.3 Å². The van der Waals surface area contributed by atoms with Crippen LogP contribution in [0.1, 0.15) is 32.6 Å². The van der Waals surface area contributed by atoms with Gasteiger partial charge in [0.05, 0.1) is 18.2 Å². The van der Waals surface area contributed by atoms with E-state index in [-0.39, 0.29) is 25.1 Å². The summed E-state index contributed by atoms with van der Waals surface area (Å²) < 4.78 is 17.6. The highest BCUT2D eigenvalue weighted by atomic mass is 31.2. The zero-order chi connectivity index (χ0) is 15.3. The standard InChI is InChI=1S/C12H21O7P/c1-8(10(12(15)16)4-5-11(13)14)20(17,18)7-9-3-2-6-19-9/h8-10H,2-7H2,1H3,(H,13,14)(H,15,16)(H,17,18). The van der Waals surface area contributed by atoms with Gasteiger partial charge in [-0.3, -0.25) is 14.2 Å². The summed E-state index contributed by atoms with van der Waals surface area (Å²) in [5.41, 5.74) is -0.983. The Kier molecular flexibility index (Phi) is 6.17. The lowest BCUT2D eigenvalue weighted by molar-refractivity contribution is -0.143. The molecule has 1 aliphatic rings. The van der Waals surface area contributed by atoms with Crippen LogP contribution in [0.3, 0.4) is 0 Å². The number of ether oxygens (including phenoxy) is 1. The smallest absolute Gasteiger partial charge is 0.307 e. The average molecular weight is 308 g/mol. The van der Waals surface area contributed by atoms with Gasteiger partial charge in [0.25, 0.3) is 0 Å². The van der Waals surface area contributed by atoms with Gasteiger partial charge < -0.3 is 19.8 Å². The molecule has 0 aromatic heterocycles. The molecule has 1 fully saturated rings. The largest absolute Gasteiger partial charge is 0.481 e. The van der Waals surface area contributed by atoms with E-state index >= 15 is 0 Å². The molecule has 0 saturated carbocycles. The van der Waals surface area contributed by atoms with Gasteiger partial charge in [-0.15, -0.1) is 0 Å². The lowest BCUT2D eigenvalue weighted by atomic mass is 10.0. The maximum atomic E-state index is 12.3. The van der Waals surface area contributed by atoms with Crippen molar-refractivity contribution in [1.82, 2.24) is 0 Å². The van der Waals surface area contributed by atoms with E-state index in [0.717, 1.165) is 6.42 Å². The van der Waals surface area contributed by atoms with E-state index in [4.69, 9.17) is 14.9 Å². The number of carboxylic acid groups (broad SMARTS) is 2. The minimum absolute atomic E-state index is 0.0645. The van der Waals surface area contributed by atoms with Gasteiger partial charge in [-0.25, -0.2) is 0 Å². The highest BCUT2D eigenvalue weighted by Gasteiger charge is 2.39. The molecule has 0 aliphatic carbocycles. The number of aliphatic carboxylic acids is 2. The minimum atomic E-state index is -3.70. The van der Waals surface area contributed by atoms with Crippen molar-refractivity contribution < 1.29 is 34.0 Å². The Balaban J connectivity index is 2.70. The zero-order valence-corrected chi connectivity index (χ0v) is 12.3. The predicted octanol–water partition coefficient (Wildman–Crippen LogP) is 1.39. The van der Waals surface area contributed by atoms with Crippen LogP contribution in [0.25, 0.3) is 0 Å². The summed E-state index contributed by atoms with van der Waals surface area (Å²) in [6.07, 6.45) is 0.681. The quantitative estimate of drug-likeness (QED) is 0.579. The fourth-order valence-electron chi connectivity index (χ4n) is 2.38. The maximum Gasteiger partial charge on any atom is 0.307 e. The van der Waals surface area contributed by atoms with E-state index in [0.29, 0.717) is 13.0 Å². The molecule has 0 bridgehead atoms. The number of hydrogen-bond acceptors (Lipinski definition) is 4. The van der Waals surface area contributed by atoms with Crippen LogP contribution in [0.4, 0.5) is 0 Å². The second-order valence-electron chi connectivity index (χ2n) is 5.19. The first-order chi connectivity index (χ1) is 9.24. The summed E-state index contributed by atoms with van der Waals surface area (Å²) in [5, 5.41) is 17.7. The first-order valence-corrected chi connectivity index (χ1v) is 8.53. The Labute approximate surface area is 117 Å². The van der Waals surface area contributed by atoms with Crippen molar-refractivity contribution in [3.8, 4) is 0 Å². The van der Waals surface area contributed by atoms with Crippen LogP contribution in [0.5, 0.6) is 0 Å². The van der Waals surface area contributed by atoms with Crippen LogP contribution in [-0.2, 0) is 18.9 Å². The lowest BCUT2D eigenvalue weighted by Gasteiger charge is -2.26. The Bertz CT molecular complexity index is 403. The van der Waals surface area contributed by atoms with Crippen LogP contribution in [0.2, 0.25) is 0 Å². The third-order valence-electron chi connectivity index (χ3n) is 3.69. The summed E-state index contributed by atoms with van der Waals surface area (Å²) >= 11 is 0. The molecule has 20 heavy (non-hydrogen) atoms. The minimum Gasteiger partial charge on any atom is -0.481 e. The lowest BCUT2D eigenvalue weighted by Crippen LogP contribution is -2.29. The molecular formula is C12H21O7P. The number of hydrogen-bond donors (Lipinski definition) is 3. The van der Waals surface area contributed by atoms with Crippen molar-refractivity contribution in [2.45, 2.75) is 44.4 Å². The third-order valence-corrected chi connectivity index (χ3v) is 6.26. The van der Waals surface area contributed by atoms with Gasteiger partial charge in [-0.05, 0) is 19.3 Å². The Hall–Kier alpha value is -0.910. The molecule has 116 valence electrons. The Morgan fingerprint density at radius 1 is 1.40 bits per heavy atom. The van der Waals surface area contributed by atoms with Gasteiger partial charge >= 0.3 is 11.9 Å². The molecule has 0 amide bonds. The fraction of sp³-hybridized carbons (Fsp3) is 0.833. The molecule has 0 aromatic carbocycles. The zero-order valence-electron chi connectivity index (χ0n) is 11.4. The van der Waals surface area contributed by atoms with Crippen LogP contribution < -0.4 is 0 Å². The first-order valence-electron chi connectivity index (χ1n) is 6.61. The average Bonchev–Trinajstić information content (AvgIpc) is 2.80. The van der Waals surface area contributed by atoms with Crippen LogP contribution in [0.15, 0.2) is 0 Å². The van der Waals surface area contributed by atoms with E-state index in [1.165, 1.54) is 6.92 Å². The maximum absolute atomic E-state index is 12.3. The van der Waals surface area contributed by atoms with Crippen LogP contribution >= 0.6 is 7.37 Å². The highest BCUT2D eigenvalue weighted by Crippen LogP contribution is 2.51. The molecule has 4 unspecified atom stereocenters. The molecule has 0 aromatic rings. The summed E-state index contributed by atoms with van der Waals surface area (Å²) in [7, 11) is -3.70. The van der Waals surface area contributed by atoms with E-state index in [9.17, 15) is 19.0 Å². The summed E-state index contributed by atoms with van der Waals surface area (Å²) in [6, 6.07) is 0. The highest BCUT2D eigenvalue weighted by molar-refractivity contribution is 7.58. The summed E-state index contributed by atoms with van der Waals surface area (Å²) in [6.45, 7) is 1.96. The van der Waals surface area contributed by atoms with Crippen molar-refractivity contribution in [3.05, 3.63) is 0 Å². The second-order valence-corrected chi connectivity index (χ2v) is 7.88. The van der Waals surface area contributed by atoms with Crippen LogP contribution in [0, 0.1) is 5.92 Å². The predicted molar refractivity (Wildman–Crippen MR) is 71.1 cm³/mol. The number of rotatable bonds is 8. The molecule has 8 heteroatoms. The molecule has 0 radical (unpaired) electrons. The monoisotopic (exact) mass is 308 g/mol. The van der Waals surface area contributed by atoms with Gasteiger partial charge in [0, 0.05) is 18.7 Å². The molecule has 4 atom stereocenters. The molecule has 0 spiro atoms. The van der Waals surface area contributed by atoms with Gasteiger partial charge in [0.2, 0.25) is 7.37 Å². The van der Waals surface area contributed by atoms with Crippen molar-refractivity contribution in [3.63, 3.8) is 0 Å². The van der Waals surface area contributed by atoms with Crippen molar-refractivity contribution in [1.29, 1.82) is 0 Å². The number of carboxylic acids is 2. The Morgan fingerprint density at radius 3 is 2.50 bits per heavy atom. The molecule has 1 heterocycles. The van der Waals surface area contributed by atoms with E-state index in [1.807, 2.05) is 0 Å². The number of carbonyl (C=O) groups is 2. The molecule has 3 N–H and O–H groups in total. The topological polar surface area (TPSA) is 121 Å². The second kappa shape index (κ2) is 7.20. The molecular weight excluding hydrogens is 287 g/mol. The fourth-order valence-corrected chi connectivity index (χ4v) is 4.42. The molecule has 1 aliphatic heterocycles. The third kappa shape index (κ3) is 4.89. The van der Waals surface area contributed by atoms with E-state index in [1.54, 1.807) is 0 Å². The first kappa shape index (κ1) is 17.1. The van der Waals surface area contributed by atoms with Gasteiger partial charge in [-0.1, -0.05) is 6.92 Å². The molecule has 1 saturated heterocycles. The van der Waals surface area contributed by atoms with Gasteiger partial charge in [0.15, 0.2) is 0 Å². The normalized spacial score (nSPS) is 24.8. The SMILES string of the molecule is CC(C(CCC(=O)O)C(=O)O)P(=O)(O)CC1CCCO1. The van der Waals surface area contributed by atoms with Crippen LogP contribution in [-0.4, -0.2) is 51.6 Å². The van der Waals surface area contributed by atoms with Crippen molar-refractivity contribution in [2.75, 3.05) is 12.8 Å². The van der Waals surface area contributed by atoms with E-state index in [2.05, 4.69) is 0 Å². The van der Waals surface area contributed by atoms with Gasteiger partial charge in [-0.2, -0.15) is 0 Å². The van der Waals surface area contributed by atoms with Crippen molar-refractivity contribution in [2.24, 2.45) is 5.92 Å². The molecule has 7 nitrogen and oxygen atoms in total. The summed E-state index contributed by atoms with van der Waals surface area (Å²) in [5.74, 6) is -3.49. The van der Waals surface area contributed by atoms with Gasteiger partial charge in [0.1, 0.15) is 0 Å².